The Morgan fingerprint density at radius 3 is 2.69 bits per heavy atom. The molecule has 1 aromatic carbocycles. The number of carbonyl (C=O) groups is 3. The maximum Gasteiger partial charge on any atom is 0.242 e. The van der Waals surface area contributed by atoms with Gasteiger partial charge in [0.1, 0.15) is 11.8 Å². The van der Waals surface area contributed by atoms with Crippen LogP contribution in [0.5, 0.6) is 0 Å². The number of likely N-dealkylation sites (tertiary alicyclic amines) is 1. The zero-order chi connectivity index (χ0) is 20.6. The van der Waals surface area contributed by atoms with Crippen LogP contribution in [-0.2, 0) is 27.3 Å². The van der Waals surface area contributed by atoms with Crippen LogP contribution in [0.15, 0.2) is 53.1 Å². The molecule has 3 rings (SSSR count). The number of hydrogen-bond acceptors (Lipinski definition) is 4. The summed E-state index contributed by atoms with van der Waals surface area (Å²) in [6, 6.07) is 12.5. The SMILES string of the molecule is CC(NC(=O)C1CCCN(C(=O)Cc2ccccc2)C1)C(=O)NCc1ccco1. The van der Waals surface area contributed by atoms with Gasteiger partial charge in [-0.3, -0.25) is 14.4 Å². The summed E-state index contributed by atoms with van der Waals surface area (Å²) in [6.07, 6.45) is 3.36. The van der Waals surface area contributed by atoms with E-state index < -0.39 is 6.04 Å². The average Bonchev–Trinajstić information content (AvgIpc) is 3.26. The number of piperidine rings is 1. The van der Waals surface area contributed by atoms with Crippen molar-refractivity contribution in [1.82, 2.24) is 15.5 Å². The molecule has 0 bridgehead atoms. The minimum absolute atomic E-state index is 0.0259. The molecule has 3 amide bonds. The van der Waals surface area contributed by atoms with Gasteiger partial charge in [0.15, 0.2) is 0 Å². The Balaban J connectivity index is 1.47. The van der Waals surface area contributed by atoms with Crippen molar-refractivity contribution in [2.75, 3.05) is 13.1 Å². The van der Waals surface area contributed by atoms with Crippen LogP contribution in [0.25, 0.3) is 0 Å². The lowest BCUT2D eigenvalue weighted by Gasteiger charge is -2.32. The van der Waals surface area contributed by atoms with Crippen molar-refractivity contribution in [3.8, 4) is 0 Å². The van der Waals surface area contributed by atoms with Gasteiger partial charge in [0.05, 0.1) is 25.1 Å². The molecule has 7 nitrogen and oxygen atoms in total. The molecule has 2 unspecified atom stereocenters. The van der Waals surface area contributed by atoms with E-state index in [9.17, 15) is 14.4 Å². The highest BCUT2D eigenvalue weighted by molar-refractivity contribution is 5.88. The van der Waals surface area contributed by atoms with Crippen LogP contribution in [0.3, 0.4) is 0 Å². The van der Waals surface area contributed by atoms with Gasteiger partial charge in [-0.1, -0.05) is 30.3 Å². The molecule has 7 heteroatoms. The first kappa shape index (κ1) is 20.6. The zero-order valence-electron chi connectivity index (χ0n) is 16.6. The van der Waals surface area contributed by atoms with Gasteiger partial charge >= 0.3 is 0 Å². The summed E-state index contributed by atoms with van der Waals surface area (Å²) in [5.41, 5.74) is 0.964. The van der Waals surface area contributed by atoms with E-state index in [2.05, 4.69) is 10.6 Å². The van der Waals surface area contributed by atoms with Gasteiger partial charge < -0.3 is 20.0 Å². The van der Waals surface area contributed by atoms with Gasteiger partial charge in [-0.25, -0.2) is 0 Å². The van der Waals surface area contributed by atoms with Gasteiger partial charge in [-0.05, 0) is 37.5 Å². The third-order valence-electron chi connectivity index (χ3n) is 5.11. The number of nitrogens with one attached hydrogen (secondary N) is 2. The maximum absolute atomic E-state index is 12.6. The highest BCUT2D eigenvalue weighted by atomic mass is 16.3. The van der Waals surface area contributed by atoms with Crippen LogP contribution in [0.2, 0.25) is 0 Å². The molecule has 0 radical (unpaired) electrons. The average molecular weight is 397 g/mol. The Kier molecular flexibility index (Phi) is 7.05. The van der Waals surface area contributed by atoms with Crippen LogP contribution >= 0.6 is 0 Å². The molecule has 1 aliphatic rings. The normalized spacial score (nSPS) is 17.4. The van der Waals surface area contributed by atoms with Crippen molar-refractivity contribution in [3.05, 3.63) is 60.1 Å². The summed E-state index contributed by atoms with van der Waals surface area (Å²) in [5.74, 6) is -0.0936. The number of rotatable bonds is 7. The molecule has 2 aromatic rings. The zero-order valence-corrected chi connectivity index (χ0v) is 16.6. The van der Waals surface area contributed by atoms with Crippen LogP contribution in [0, 0.1) is 5.92 Å². The van der Waals surface area contributed by atoms with Crippen molar-refractivity contribution in [1.29, 1.82) is 0 Å². The maximum atomic E-state index is 12.6. The smallest absolute Gasteiger partial charge is 0.242 e. The third-order valence-corrected chi connectivity index (χ3v) is 5.11. The first-order valence-electron chi connectivity index (χ1n) is 9.95. The van der Waals surface area contributed by atoms with E-state index in [0.29, 0.717) is 31.7 Å². The molecule has 1 aliphatic heterocycles. The number of benzene rings is 1. The molecular formula is C22H27N3O4. The molecule has 154 valence electrons. The van der Waals surface area contributed by atoms with Crippen molar-refractivity contribution in [2.45, 2.75) is 38.8 Å². The first-order valence-corrected chi connectivity index (χ1v) is 9.95. The summed E-state index contributed by atoms with van der Waals surface area (Å²) in [5, 5.41) is 5.50. The Morgan fingerprint density at radius 2 is 1.97 bits per heavy atom. The Hall–Kier alpha value is -3.09. The van der Waals surface area contributed by atoms with E-state index in [4.69, 9.17) is 4.42 Å². The number of amides is 3. The van der Waals surface area contributed by atoms with E-state index in [1.165, 1.54) is 0 Å². The molecule has 0 aliphatic carbocycles. The molecular weight excluding hydrogens is 370 g/mol. The summed E-state index contributed by atoms with van der Waals surface area (Å²) >= 11 is 0. The van der Waals surface area contributed by atoms with E-state index in [1.807, 2.05) is 30.3 Å². The standard InChI is InChI=1S/C22H27N3O4/c1-16(21(27)23-14-19-10-6-12-29-19)24-22(28)18-9-5-11-25(15-18)20(26)13-17-7-3-2-4-8-17/h2-4,6-8,10,12,16,18H,5,9,11,13-15H2,1H3,(H,23,27)(H,24,28). The summed E-state index contributed by atoms with van der Waals surface area (Å²) in [7, 11) is 0. The first-order chi connectivity index (χ1) is 14.0. The van der Waals surface area contributed by atoms with Crippen molar-refractivity contribution in [3.63, 3.8) is 0 Å². The van der Waals surface area contributed by atoms with Gasteiger partial charge in [0.2, 0.25) is 17.7 Å². The largest absolute Gasteiger partial charge is 0.467 e. The number of nitrogens with zero attached hydrogens (tertiary/aromatic N) is 1. The van der Waals surface area contributed by atoms with E-state index in [-0.39, 0.29) is 30.2 Å². The Morgan fingerprint density at radius 1 is 1.17 bits per heavy atom. The predicted molar refractivity (Wildman–Crippen MR) is 108 cm³/mol. The van der Waals surface area contributed by atoms with Crippen LogP contribution in [0.1, 0.15) is 31.1 Å². The molecule has 1 aromatic heterocycles. The van der Waals surface area contributed by atoms with Crippen molar-refractivity contribution >= 4 is 17.7 Å². The fourth-order valence-electron chi connectivity index (χ4n) is 3.44. The van der Waals surface area contributed by atoms with Crippen molar-refractivity contribution < 1.29 is 18.8 Å². The Labute approximate surface area is 170 Å². The topological polar surface area (TPSA) is 91.7 Å². The summed E-state index contributed by atoms with van der Waals surface area (Å²) in [4.78, 5) is 39.2. The molecule has 29 heavy (non-hydrogen) atoms. The lowest BCUT2D eigenvalue weighted by Crippen LogP contribution is -2.50. The summed E-state index contributed by atoms with van der Waals surface area (Å²) < 4.78 is 5.18. The quantitative estimate of drug-likeness (QED) is 0.746. The van der Waals surface area contributed by atoms with E-state index in [1.54, 1.807) is 30.2 Å². The van der Waals surface area contributed by atoms with Crippen molar-refractivity contribution in [2.24, 2.45) is 5.92 Å². The fraction of sp³-hybridized carbons (Fsp3) is 0.409. The van der Waals surface area contributed by atoms with Crippen LogP contribution in [0.4, 0.5) is 0 Å². The third kappa shape index (κ3) is 5.94. The van der Waals surface area contributed by atoms with Gasteiger partial charge in [-0.2, -0.15) is 0 Å². The molecule has 2 atom stereocenters. The Bertz CT molecular complexity index is 820. The molecule has 1 saturated heterocycles. The highest BCUT2D eigenvalue weighted by Crippen LogP contribution is 2.18. The van der Waals surface area contributed by atoms with Gasteiger partial charge in [0.25, 0.3) is 0 Å². The second-order valence-corrected chi connectivity index (χ2v) is 7.37. The number of furan rings is 1. The number of carbonyl (C=O) groups excluding carboxylic acids is 3. The lowest BCUT2D eigenvalue weighted by atomic mass is 9.96. The molecule has 2 N–H and O–H groups in total. The predicted octanol–water partition coefficient (Wildman–Crippen LogP) is 1.88. The van der Waals surface area contributed by atoms with Gasteiger partial charge in [0, 0.05) is 13.1 Å². The van der Waals surface area contributed by atoms with E-state index >= 15 is 0 Å². The number of hydrogen-bond donors (Lipinski definition) is 2. The molecule has 2 heterocycles. The fourth-order valence-corrected chi connectivity index (χ4v) is 3.44. The summed E-state index contributed by atoms with van der Waals surface area (Å²) in [6.45, 7) is 2.97. The van der Waals surface area contributed by atoms with Crippen LogP contribution in [-0.4, -0.2) is 41.8 Å². The molecule has 0 saturated carbocycles. The highest BCUT2D eigenvalue weighted by Gasteiger charge is 2.29. The molecule has 0 spiro atoms. The lowest BCUT2D eigenvalue weighted by molar-refractivity contribution is -0.136. The minimum Gasteiger partial charge on any atom is -0.467 e. The minimum atomic E-state index is -0.659. The van der Waals surface area contributed by atoms with Crippen LogP contribution < -0.4 is 10.6 Å². The van der Waals surface area contributed by atoms with Gasteiger partial charge in [-0.15, -0.1) is 0 Å². The molecule has 1 fully saturated rings. The second-order valence-electron chi connectivity index (χ2n) is 7.37. The second kappa shape index (κ2) is 9.91. The monoisotopic (exact) mass is 397 g/mol. The van der Waals surface area contributed by atoms with E-state index in [0.717, 1.165) is 12.0 Å².